The summed E-state index contributed by atoms with van der Waals surface area (Å²) >= 11 is 1.51. The van der Waals surface area contributed by atoms with Crippen molar-refractivity contribution in [3.63, 3.8) is 0 Å². The maximum Gasteiger partial charge on any atom is 0.277 e. The maximum atomic E-state index is 12.0. The van der Waals surface area contributed by atoms with Gasteiger partial charge in [-0.3, -0.25) is 10.1 Å². The van der Waals surface area contributed by atoms with Gasteiger partial charge in [0, 0.05) is 10.9 Å². The van der Waals surface area contributed by atoms with Crippen LogP contribution >= 0.6 is 11.3 Å². The van der Waals surface area contributed by atoms with Crippen LogP contribution in [0.5, 0.6) is 0 Å². The number of aryl methyl sites for hydroxylation is 2. The Kier molecular flexibility index (Phi) is 4.31. The second kappa shape index (κ2) is 5.97. The molecule has 0 atom stereocenters. The van der Waals surface area contributed by atoms with E-state index in [1.807, 2.05) is 13.8 Å². The fourth-order valence-corrected chi connectivity index (χ4v) is 2.61. The lowest BCUT2D eigenvalue weighted by molar-refractivity contribution is 0.101. The minimum Gasteiger partial charge on any atom is -0.338 e. The van der Waals surface area contributed by atoms with Gasteiger partial charge in [-0.05, 0) is 26.2 Å². The largest absolute Gasteiger partial charge is 0.338 e. The Hall–Kier alpha value is -1.69. The molecular formula is C13H17N3O2S. The second-order valence-electron chi connectivity index (χ2n) is 4.27. The number of thiazole rings is 1. The van der Waals surface area contributed by atoms with Gasteiger partial charge in [-0.1, -0.05) is 19.0 Å². The van der Waals surface area contributed by atoms with Crippen LogP contribution < -0.4 is 5.32 Å². The minimum absolute atomic E-state index is 0.250. The van der Waals surface area contributed by atoms with E-state index in [2.05, 4.69) is 22.4 Å². The molecule has 2 heterocycles. The van der Waals surface area contributed by atoms with E-state index in [0.717, 1.165) is 35.5 Å². The molecule has 0 saturated heterocycles. The molecular weight excluding hydrogens is 262 g/mol. The summed E-state index contributed by atoms with van der Waals surface area (Å²) in [5, 5.41) is 9.37. The lowest BCUT2D eigenvalue weighted by Gasteiger charge is -1.99. The fourth-order valence-electron chi connectivity index (χ4n) is 1.73. The van der Waals surface area contributed by atoms with E-state index < -0.39 is 0 Å². The number of carbonyl (C=O) groups is 1. The van der Waals surface area contributed by atoms with Crippen LogP contribution in [-0.2, 0) is 12.8 Å². The van der Waals surface area contributed by atoms with E-state index >= 15 is 0 Å². The van der Waals surface area contributed by atoms with Crippen molar-refractivity contribution in [1.82, 2.24) is 10.1 Å². The molecule has 0 aliphatic heterocycles. The maximum absolute atomic E-state index is 12.0. The summed E-state index contributed by atoms with van der Waals surface area (Å²) in [7, 11) is 0. The minimum atomic E-state index is -0.250. The Bertz CT molecular complexity index is 574. The molecule has 0 fully saturated rings. The van der Waals surface area contributed by atoms with Gasteiger partial charge in [0.15, 0.2) is 0 Å². The fraction of sp³-hybridized carbons (Fsp3) is 0.462. The van der Waals surface area contributed by atoms with Crippen LogP contribution in [0.2, 0.25) is 0 Å². The monoisotopic (exact) mass is 279 g/mol. The van der Waals surface area contributed by atoms with E-state index in [0.29, 0.717) is 11.6 Å². The van der Waals surface area contributed by atoms with Crippen LogP contribution in [0.15, 0.2) is 9.90 Å². The highest BCUT2D eigenvalue weighted by molar-refractivity contribution is 7.09. The van der Waals surface area contributed by atoms with Gasteiger partial charge in [0.2, 0.25) is 5.88 Å². The van der Waals surface area contributed by atoms with Crippen molar-refractivity contribution < 1.29 is 9.32 Å². The highest BCUT2D eigenvalue weighted by Gasteiger charge is 2.16. The summed E-state index contributed by atoms with van der Waals surface area (Å²) < 4.78 is 5.13. The van der Waals surface area contributed by atoms with Crippen LogP contribution in [0, 0.1) is 6.92 Å². The van der Waals surface area contributed by atoms with Crippen LogP contribution in [0.1, 0.15) is 47.0 Å². The van der Waals surface area contributed by atoms with Crippen molar-refractivity contribution >= 4 is 23.1 Å². The van der Waals surface area contributed by atoms with E-state index in [9.17, 15) is 4.79 Å². The predicted octanol–water partition coefficient (Wildman–Crippen LogP) is 3.21. The zero-order valence-electron chi connectivity index (χ0n) is 11.3. The van der Waals surface area contributed by atoms with E-state index in [4.69, 9.17) is 4.52 Å². The van der Waals surface area contributed by atoms with Gasteiger partial charge in [-0.15, -0.1) is 11.3 Å². The average Bonchev–Trinajstić information content (AvgIpc) is 2.98. The quantitative estimate of drug-likeness (QED) is 0.912. The zero-order chi connectivity index (χ0) is 13.8. The molecule has 102 valence electrons. The van der Waals surface area contributed by atoms with Crippen molar-refractivity contribution in [1.29, 1.82) is 0 Å². The molecule has 0 aromatic carbocycles. The molecule has 6 heteroatoms. The molecule has 2 rings (SSSR count). The van der Waals surface area contributed by atoms with Gasteiger partial charge in [0.1, 0.15) is 5.69 Å². The van der Waals surface area contributed by atoms with Crippen LogP contribution in [0.4, 0.5) is 5.88 Å². The Morgan fingerprint density at radius 2 is 2.26 bits per heavy atom. The van der Waals surface area contributed by atoms with Crippen molar-refractivity contribution in [3.05, 3.63) is 27.3 Å². The molecule has 5 nitrogen and oxygen atoms in total. The van der Waals surface area contributed by atoms with E-state index in [-0.39, 0.29) is 5.91 Å². The summed E-state index contributed by atoms with van der Waals surface area (Å²) in [6.07, 6.45) is 2.71. The normalized spacial score (nSPS) is 10.7. The molecule has 0 radical (unpaired) electrons. The number of rotatable bonds is 5. The molecule has 0 aliphatic rings. The lowest BCUT2D eigenvalue weighted by Crippen LogP contribution is -2.12. The number of hydrogen-bond donors (Lipinski definition) is 1. The number of anilines is 1. The molecule has 0 aliphatic carbocycles. The molecule has 1 N–H and O–H groups in total. The smallest absolute Gasteiger partial charge is 0.277 e. The number of aromatic nitrogens is 2. The topological polar surface area (TPSA) is 68.0 Å². The number of nitrogens with zero attached hydrogens (tertiary/aromatic N) is 2. The van der Waals surface area contributed by atoms with Crippen molar-refractivity contribution in [2.45, 2.75) is 40.0 Å². The summed E-state index contributed by atoms with van der Waals surface area (Å²) in [4.78, 5) is 16.3. The number of carbonyl (C=O) groups excluding carboxylic acids is 1. The molecule has 0 bridgehead atoms. The predicted molar refractivity (Wildman–Crippen MR) is 74.7 cm³/mol. The summed E-state index contributed by atoms with van der Waals surface area (Å²) in [5.41, 5.74) is 2.17. The molecule has 19 heavy (non-hydrogen) atoms. The first-order valence-electron chi connectivity index (χ1n) is 6.36. The second-order valence-corrected chi connectivity index (χ2v) is 5.21. The van der Waals surface area contributed by atoms with Gasteiger partial charge in [0.25, 0.3) is 5.91 Å². The number of nitrogens with one attached hydrogen (secondary N) is 1. The Labute approximate surface area is 116 Å². The van der Waals surface area contributed by atoms with E-state index in [1.165, 1.54) is 11.3 Å². The van der Waals surface area contributed by atoms with Crippen LogP contribution in [-0.4, -0.2) is 16.0 Å². The van der Waals surface area contributed by atoms with Crippen LogP contribution in [0.25, 0.3) is 0 Å². The van der Waals surface area contributed by atoms with Gasteiger partial charge >= 0.3 is 0 Å². The lowest BCUT2D eigenvalue weighted by atomic mass is 10.2. The third kappa shape index (κ3) is 3.01. The summed E-state index contributed by atoms with van der Waals surface area (Å²) in [6, 6.07) is 0. The van der Waals surface area contributed by atoms with Crippen molar-refractivity contribution in [2.24, 2.45) is 0 Å². The van der Waals surface area contributed by atoms with Crippen molar-refractivity contribution in [2.75, 3.05) is 5.32 Å². The standard InChI is InChI=1S/C13H17N3O2S/c1-4-6-11-14-10(7-19-11)12(17)15-13-8(3)9(5-2)16-18-13/h7H,4-6H2,1-3H3,(H,15,17). The first kappa shape index (κ1) is 13.7. The van der Waals surface area contributed by atoms with Crippen LogP contribution in [0.3, 0.4) is 0 Å². The molecule has 2 aromatic rings. The molecule has 0 spiro atoms. The van der Waals surface area contributed by atoms with Gasteiger partial charge in [-0.25, -0.2) is 4.98 Å². The zero-order valence-corrected chi connectivity index (χ0v) is 12.1. The summed E-state index contributed by atoms with van der Waals surface area (Å²) in [5.74, 6) is 0.160. The van der Waals surface area contributed by atoms with Gasteiger partial charge < -0.3 is 4.52 Å². The third-order valence-electron chi connectivity index (χ3n) is 2.83. The highest BCUT2D eigenvalue weighted by atomic mass is 32.1. The van der Waals surface area contributed by atoms with E-state index in [1.54, 1.807) is 5.38 Å². The Morgan fingerprint density at radius 1 is 1.47 bits per heavy atom. The molecule has 1 amide bonds. The number of amides is 1. The third-order valence-corrected chi connectivity index (χ3v) is 3.74. The first-order valence-corrected chi connectivity index (χ1v) is 7.24. The van der Waals surface area contributed by atoms with Crippen molar-refractivity contribution in [3.8, 4) is 0 Å². The first-order chi connectivity index (χ1) is 9.15. The Morgan fingerprint density at radius 3 is 2.89 bits per heavy atom. The molecule has 0 saturated carbocycles. The molecule has 2 aromatic heterocycles. The Balaban J connectivity index is 2.09. The SMILES string of the molecule is CCCc1nc(C(=O)Nc2onc(CC)c2C)cs1. The number of hydrogen-bond acceptors (Lipinski definition) is 5. The highest BCUT2D eigenvalue weighted by Crippen LogP contribution is 2.20. The average molecular weight is 279 g/mol. The van der Waals surface area contributed by atoms with Gasteiger partial charge in [-0.2, -0.15) is 0 Å². The summed E-state index contributed by atoms with van der Waals surface area (Å²) in [6.45, 7) is 5.97. The molecule has 0 unspecified atom stereocenters. The van der Waals surface area contributed by atoms with Gasteiger partial charge in [0.05, 0.1) is 10.7 Å².